The van der Waals surface area contributed by atoms with Crippen molar-refractivity contribution < 1.29 is 5.11 Å². The Morgan fingerprint density at radius 2 is 2.14 bits per heavy atom. The summed E-state index contributed by atoms with van der Waals surface area (Å²) in [6.45, 7) is 5.67. The molecule has 1 aromatic carbocycles. The second kappa shape index (κ2) is 6.63. The lowest BCUT2D eigenvalue weighted by Gasteiger charge is -2.26. The van der Waals surface area contributed by atoms with Crippen LogP contribution < -0.4 is 5.32 Å². The van der Waals surface area contributed by atoms with Gasteiger partial charge in [-0.1, -0.05) is 24.3 Å². The number of aliphatic hydroxyl groups excluding tert-OH is 1. The van der Waals surface area contributed by atoms with Gasteiger partial charge in [0, 0.05) is 23.8 Å². The summed E-state index contributed by atoms with van der Waals surface area (Å²) in [6, 6.07) is 9.20. The van der Waals surface area contributed by atoms with Crippen LogP contribution in [0.25, 0.3) is 0 Å². The van der Waals surface area contributed by atoms with E-state index in [9.17, 15) is 0 Å². The molecule has 1 aliphatic rings. The van der Waals surface area contributed by atoms with Gasteiger partial charge in [-0.3, -0.25) is 4.68 Å². The van der Waals surface area contributed by atoms with Crippen molar-refractivity contribution in [2.75, 3.05) is 6.61 Å². The minimum Gasteiger partial charge on any atom is -0.394 e. The third kappa shape index (κ3) is 2.94. The molecule has 118 valence electrons. The molecule has 1 atom stereocenters. The first-order valence-electron chi connectivity index (χ1n) is 8.15. The highest BCUT2D eigenvalue weighted by molar-refractivity contribution is 5.32. The molecular weight excluding hydrogens is 274 g/mol. The SMILES string of the molecule is Cc1nn(CCO)c(C)c1CN[C@H]1CCCc2ccccc21. The summed E-state index contributed by atoms with van der Waals surface area (Å²) >= 11 is 0. The van der Waals surface area contributed by atoms with Crippen LogP contribution in [0.3, 0.4) is 0 Å². The Labute approximate surface area is 132 Å². The van der Waals surface area contributed by atoms with Gasteiger partial charge in [0.2, 0.25) is 0 Å². The van der Waals surface area contributed by atoms with E-state index in [1.807, 2.05) is 11.6 Å². The first-order chi connectivity index (χ1) is 10.7. The van der Waals surface area contributed by atoms with Crippen molar-refractivity contribution in [2.45, 2.75) is 52.2 Å². The van der Waals surface area contributed by atoms with E-state index in [2.05, 4.69) is 41.6 Å². The zero-order valence-electron chi connectivity index (χ0n) is 13.5. The fraction of sp³-hybridized carbons (Fsp3) is 0.500. The molecule has 0 fully saturated rings. The van der Waals surface area contributed by atoms with Gasteiger partial charge in [0.1, 0.15) is 0 Å². The van der Waals surface area contributed by atoms with E-state index in [0.717, 1.165) is 17.9 Å². The molecular formula is C18H25N3O. The smallest absolute Gasteiger partial charge is 0.0644 e. The topological polar surface area (TPSA) is 50.1 Å². The molecule has 0 aliphatic heterocycles. The quantitative estimate of drug-likeness (QED) is 0.892. The van der Waals surface area contributed by atoms with E-state index in [4.69, 9.17) is 5.11 Å². The molecule has 0 bridgehead atoms. The van der Waals surface area contributed by atoms with E-state index in [1.165, 1.54) is 36.0 Å². The molecule has 4 nitrogen and oxygen atoms in total. The van der Waals surface area contributed by atoms with E-state index in [0.29, 0.717) is 12.6 Å². The Hall–Kier alpha value is -1.65. The normalized spacial score (nSPS) is 17.5. The maximum atomic E-state index is 9.11. The van der Waals surface area contributed by atoms with Crippen LogP contribution in [0.4, 0.5) is 0 Å². The number of nitrogens with one attached hydrogen (secondary N) is 1. The first-order valence-corrected chi connectivity index (χ1v) is 8.15. The molecule has 2 N–H and O–H groups in total. The number of nitrogens with zero attached hydrogens (tertiary/aromatic N) is 2. The van der Waals surface area contributed by atoms with Gasteiger partial charge in [0.15, 0.2) is 0 Å². The molecule has 2 aromatic rings. The average molecular weight is 299 g/mol. The van der Waals surface area contributed by atoms with Crippen molar-refractivity contribution in [1.29, 1.82) is 0 Å². The summed E-state index contributed by atoms with van der Waals surface area (Å²) in [5.41, 5.74) is 6.41. The summed E-state index contributed by atoms with van der Waals surface area (Å²) in [5.74, 6) is 0. The number of rotatable bonds is 5. The van der Waals surface area contributed by atoms with E-state index < -0.39 is 0 Å². The summed E-state index contributed by atoms with van der Waals surface area (Å²) in [6.07, 6.45) is 3.64. The molecule has 1 aromatic heterocycles. The lowest BCUT2D eigenvalue weighted by molar-refractivity contribution is 0.267. The minimum atomic E-state index is 0.130. The molecule has 0 radical (unpaired) electrons. The molecule has 0 amide bonds. The van der Waals surface area contributed by atoms with Crippen molar-refractivity contribution in [3.63, 3.8) is 0 Å². The van der Waals surface area contributed by atoms with Crippen molar-refractivity contribution >= 4 is 0 Å². The predicted molar refractivity (Wildman–Crippen MR) is 87.7 cm³/mol. The van der Waals surface area contributed by atoms with Crippen molar-refractivity contribution in [1.82, 2.24) is 15.1 Å². The molecule has 0 saturated carbocycles. The van der Waals surface area contributed by atoms with Crippen LogP contribution >= 0.6 is 0 Å². The lowest BCUT2D eigenvalue weighted by Crippen LogP contribution is -2.25. The Bertz CT molecular complexity index is 648. The molecule has 1 aliphatic carbocycles. The van der Waals surface area contributed by atoms with Gasteiger partial charge in [-0.05, 0) is 44.2 Å². The zero-order chi connectivity index (χ0) is 15.5. The maximum Gasteiger partial charge on any atom is 0.0644 e. The monoisotopic (exact) mass is 299 g/mol. The number of aryl methyl sites for hydroxylation is 2. The van der Waals surface area contributed by atoms with Crippen LogP contribution in [0.1, 0.15) is 47.0 Å². The fourth-order valence-corrected chi connectivity index (χ4v) is 3.49. The van der Waals surface area contributed by atoms with Gasteiger partial charge >= 0.3 is 0 Å². The van der Waals surface area contributed by atoms with Crippen molar-refractivity contribution in [2.24, 2.45) is 0 Å². The Morgan fingerprint density at radius 3 is 2.95 bits per heavy atom. The van der Waals surface area contributed by atoms with Crippen molar-refractivity contribution in [3.8, 4) is 0 Å². The number of hydrogen-bond acceptors (Lipinski definition) is 3. The highest BCUT2D eigenvalue weighted by atomic mass is 16.3. The lowest BCUT2D eigenvalue weighted by atomic mass is 9.87. The second-order valence-corrected chi connectivity index (χ2v) is 6.12. The van der Waals surface area contributed by atoms with Gasteiger partial charge in [-0.15, -0.1) is 0 Å². The summed E-state index contributed by atoms with van der Waals surface area (Å²) in [5, 5.41) is 17.4. The van der Waals surface area contributed by atoms with Crippen LogP contribution in [0.2, 0.25) is 0 Å². The minimum absolute atomic E-state index is 0.130. The van der Waals surface area contributed by atoms with Gasteiger partial charge in [-0.25, -0.2) is 0 Å². The fourth-order valence-electron chi connectivity index (χ4n) is 3.49. The molecule has 0 unspecified atom stereocenters. The van der Waals surface area contributed by atoms with Crippen molar-refractivity contribution in [3.05, 3.63) is 52.3 Å². The molecule has 0 saturated heterocycles. The van der Waals surface area contributed by atoms with Crippen LogP contribution in [-0.2, 0) is 19.5 Å². The Kier molecular flexibility index (Phi) is 4.60. The molecule has 22 heavy (non-hydrogen) atoms. The van der Waals surface area contributed by atoms with Gasteiger partial charge in [0.25, 0.3) is 0 Å². The zero-order valence-corrected chi connectivity index (χ0v) is 13.5. The number of hydrogen-bond donors (Lipinski definition) is 2. The number of aliphatic hydroxyl groups is 1. The number of fused-ring (bicyclic) bond motifs is 1. The number of benzene rings is 1. The van der Waals surface area contributed by atoms with Gasteiger partial charge in [0.05, 0.1) is 18.8 Å². The molecule has 3 rings (SSSR count). The van der Waals surface area contributed by atoms with Gasteiger partial charge in [-0.2, -0.15) is 5.10 Å². The average Bonchev–Trinajstić information content (AvgIpc) is 2.80. The van der Waals surface area contributed by atoms with E-state index in [-0.39, 0.29) is 6.61 Å². The Morgan fingerprint density at radius 1 is 1.32 bits per heavy atom. The third-order valence-electron chi connectivity index (χ3n) is 4.74. The summed E-state index contributed by atoms with van der Waals surface area (Å²) in [4.78, 5) is 0. The van der Waals surface area contributed by atoms with Crippen LogP contribution in [0.15, 0.2) is 24.3 Å². The largest absolute Gasteiger partial charge is 0.394 e. The van der Waals surface area contributed by atoms with Gasteiger partial charge < -0.3 is 10.4 Å². The van der Waals surface area contributed by atoms with E-state index in [1.54, 1.807) is 0 Å². The highest BCUT2D eigenvalue weighted by Crippen LogP contribution is 2.30. The highest BCUT2D eigenvalue weighted by Gasteiger charge is 2.20. The Balaban J connectivity index is 1.74. The maximum absolute atomic E-state index is 9.11. The van der Waals surface area contributed by atoms with E-state index >= 15 is 0 Å². The summed E-state index contributed by atoms with van der Waals surface area (Å²) < 4.78 is 1.90. The number of aromatic nitrogens is 2. The van der Waals surface area contributed by atoms with Crippen LogP contribution in [0, 0.1) is 13.8 Å². The van der Waals surface area contributed by atoms with Crippen LogP contribution in [-0.4, -0.2) is 21.5 Å². The standard InChI is InChI=1S/C18H25N3O/c1-13-17(14(2)21(20-13)10-11-22)12-19-18-9-5-7-15-6-3-4-8-16(15)18/h3-4,6,8,18-19,22H,5,7,9-12H2,1-2H3/t18-/m0/s1. The van der Waals surface area contributed by atoms with Crippen LogP contribution in [0.5, 0.6) is 0 Å². The molecule has 0 spiro atoms. The second-order valence-electron chi connectivity index (χ2n) is 6.12. The molecule has 1 heterocycles. The third-order valence-corrected chi connectivity index (χ3v) is 4.74. The predicted octanol–water partition coefficient (Wildman–Crippen LogP) is 2.66. The first kappa shape index (κ1) is 15.3. The molecule has 4 heteroatoms. The summed E-state index contributed by atoms with van der Waals surface area (Å²) in [7, 11) is 0.